The van der Waals surface area contributed by atoms with Crippen molar-refractivity contribution in [3.05, 3.63) is 64.2 Å². The highest BCUT2D eigenvalue weighted by Gasteiger charge is 2.43. The lowest BCUT2D eigenvalue weighted by Gasteiger charge is -2.29. The molecule has 0 saturated carbocycles. The number of nitrogens with zero attached hydrogens (tertiary/aromatic N) is 1. The highest BCUT2D eigenvalue weighted by Crippen LogP contribution is 2.26. The van der Waals surface area contributed by atoms with Crippen LogP contribution in [0.3, 0.4) is 0 Å². The fraction of sp³-hybridized carbons (Fsp3) is 0.278. The summed E-state index contributed by atoms with van der Waals surface area (Å²) in [7, 11) is -3.91. The summed E-state index contributed by atoms with van der Waals surface area (Å²) in [5.41, 5.74) is 1.69. The Balaban J connectivity index is 1.79. The van der Waals surface area contributed by atoms with Crippen molar-refractivity contribution in [1.82, 2.24) is 9.62 Å². The molecule has 1 aliphatic rings. The number of rotatable bonds is 4. The van der Waals surface area contributed by atoms with Crippen molar-refractivity contribution in [3.8, 4) is 0 Å². The van der Waals surface area contributed by atoms with Gasteiger partial charge in [0.05, 0.1) is 4.90 Å². The third kappa shape index (κ3) is 4.48. The first kappa shape index (κ1) is 20.6. The van der Waals surface area contributed by atoms with Crippen LogP contribution in [-0.4, -0.2) is 31.9 Å². The zero-order valence-electron chi connectivity index (χ0n) is 14.5. The second-order valence-corrected chi connectivity index (χ2v) is 8.50. The van der Waals surface area contributed by atoms with E-state index in [0.717, 1.165) is 5.56 Å². The predicted octanol–water partition coefficient (Wildman–Crippen LogP) is 3.27. The van der Waals surface area contributed by atoms with Gasteiger partial charge in [-0.25, -0.2) is 13.1 Å². The van der Waals surface area contributed by atoms with Crippen molar-refractivity contribution >= 4 is 27.5 Å². The topological polar surface area (TPSA) is 66.5 Å². The Morgan fingerprint density at radius 2 is 1.86 bits per heavy atom. The number of sulfonamides is 1. The Bertz CT molecular complexity index is 1010. The molecule has 1 N–H and O–H groups in total. The van der Waals surface area contributed by atoms with E-state index in [-0.39, 0.29) is 31.0 Å². The molecule has 0 aliphatic carbocycles. The molecule has 0 spiro atoms. The molecule has 150 valence electrons. The molecule has 1 amide bonds. The number of carbonyl (C=O) groups is 1. The highest BCUT2D eigenvalue weighted by molar-refractivity contribution is 7.89. The van der Waals surface area contributed by atoms with E-state index < -0.39 is 22.1 Å². The molecule has 1 aliphatic heterocycles. The van der Waals surface area contributed by atoms with Gasteiger partial charge >= 0.3 is 12.1 Å². The normalized spacial score (nSPS) is 14.6. The quantitative estimate of drug-likeness (QED) is 0.806. The van der Waals surface area contributed by atoms with Crippen molar-refractivity contribution in [2.75, 3.05) is 6.54 Å². The SMILES string of the molecule is O=C(N1CCc2ccc(S(=O)(=O)NCc3ccccc3Cl)cc2C1)C(F)(F)F. The van der Waals surface area contributed by atoms with E-state index in [0.29, 0.717) is 21.0 Å². The van der Waals surface area contributed by atoms with Crippen LogP contribution in [0.4, 0.5) is 13.2 Å². The molecule has 0 radical (unpaired) electrons. The lowest BCUT2D eigenvalue weighted by atomic mass is 10.00. The number of fused-ring (bicyclic) bond motifs is 1. The third-order valence-electron chi connectivity index (χ3n) is 4.44. The van der Waals surface area contributed by atoms with Crippen LogP contribution >= 0.6 is 11.6 Å². The van der Waals surface area contributed by atoms with E-state index in [1.165, 1.54) is 12.1 Å². The first-order valence-corrected chi connectivity index (χ1v) is 10.1. The second-order valence-electron chi connectivity index (χ2n) is 6.32. The van der Waals surface area contributed by atoms with E-state index >= 15 is 0 Å². The summed E-state index contributed by atoms with van der Waals surface area (Å²) in [5, 5.41) is 0.414. The molecule has 5 nitrogen and oxygen atoms in total. The molecule has 0 bridgehead atoms. The molecule has 2 aromatic rings. The number of halogens is 4. The number of alkyl halides is 3. The van der Waals surface area contributed by atoms with Gasteiger partial charge < -0.3 is 4.90 Å². The molecule has 3 rings (SSSR count). The second kappa shape index (κ2) is 7.73. The maximum absolute atomic E-state index is 12.7. The van der Waals surface area contributed by atoms with Crippen LogP contribution in [0.5, 0.6) is 0 Å². The fourth-order valence-corrected chi connectivity index (χ4v) is 4.21. The Morgan fingerprint density at radius 3 is 2.54 bits per heavy atom. The average molecular weight is 433 g/mol. The summed E-state index contributed by atoms with van der Waals surface area (Å²) < 4.78 is 65.5. The summed E-state index contributed by atoms with van der Waals surface area (Å²) in [6.45, 7) is -0.387. The molecule has 28 heavy (non-hydrogen) atoms. The standard InChI is InChI=1S/C18H16ClF3N2O3S/c19-16-4-2-1-3-13(16)10-23-28(26,27)15-6-5-12-7-8-24(11-14(12)9-15)17(25)18(20,21)22/h1-6,9,23H,7-8,10-11H2. The zero-order valence-corrected chi connectivity index (χ0v) is 16.0. The maximum Gasteiger partial charge on any atom is 0.471 e. The van der Waals surface area contributed by atoms with E-state index in [9.17, 15) is 26.4 Å². The third-order valence-corrected chi connectivity index (χ3v) is 6.21. The summed E-state index contributed by atoms with van der Waals surface area (Å²) >= 11 is 6.01. The number of amides is 1. The van der Waals surface area contributed by atoms with Crippen LogP contribution in [0.15, 0.2) is 47.4 Å². The largest absolute Gasteiger partial charge is 0.471 e. The van der Waals surface area contributed by atoms with Gasteiger partial charge in [0.2, 0.25) is 10.0 Å². The lowest BCUT2D eigenvalue weighted by molar-refractivity contribution is -0.186. The van der Waals surface area contributed by atoms with E-state index in [1.54, 1.807) is 30.3 Å². The van der Waals surface area contributed by atoms with Crippen molar-refractivity contribution < 1.29 is 26.4 Å². The number of hydrogen-bond acceptors (Lipinski definition) is 3. The number of nitrogens with one attached hydrogen (secondary N) is 1. The highest BCUT2D eigenvalue weighted by atomic mass is 35.5. The van der Waals surface area contributed by atoms with Crippen molar-refractivity contribution in [2.24, 2.45) is 0 Å². The smallest absolute Gasteiger partial charge is 0.330 e. The van der Waals surface area contributed by atoms with Crippen LogP contribution in [0.1, 0.15) is 16.7 Å². The van der Waals surface area contributed by atoms with Gasteiger partial charge in [0.25, 0.3) is 0 Å². The van der Waals surface area contributed by atoms with Gasteiger partial charge in [-0.05, 0) is 41.3 Å². The first-order valence-electron chi connectivity index (χ1n) is 8.29. The van der Waals surface area contributed by atoms with Gasteiger partial charge in [0, 0.05) is 24.7 Å². The molecule has 0 atom stereocenters. The first-order chi connectivity index (χ1) is 13.1. The minimum Gasteiger partial charge on any atom is -0.330 e. The van der Waals surface area contributed by atoms with Gasteiger partial charge in [-0.15, -0.1) is 0 Å². The van der Waals surface area contributed by atoms with Crippen LogP contribution in [-0.2, 0) is 34.3 Å². The summed E-state index contributed by atoms with van der Waals surface area (Å²) in [4.78, 5) is 12.1. The van der Waals surface area contributed by atoms with Crippen molar-refractivity contribution in [1.29, 1.82) is 0 Å². The number of hydrogen-bond donors (Lipinski definition) is 1. The Hall–Kier alpha value is -2.10. The van der Waals surface area contributed by atoms with Crippen molar-refractivity contribution in [3.63, 3.8) is 0 Å². The predicted molar refractivity (Wildman–Crippen MR) is 97.1 cm³/mol. The van der Waals surface area contributed by atoms with Gasteiger partial charge in [0.15, 0.2) is 0 Å². The molecule has 0 saturated heterocycles. The van der Waals surface area contributed by atoms with E-state index in [2.05, 4.69) is 4.72 Å². The monoisotopic (exact) mass is 432 g/mol. The van der Waals surface area contributed by atoms with Gasteiger partial charge in [-0.2, -0.15) is 13.2 Å². The summed E-state index contributed by atoms with van der Waals surface area (Å²) in [6, 6.07) is 11.0. The van der Waals surface area contributed by atoms with E-state index in [1.807, 2.05) is 0 Å². The molecule has 1 heterocycles. The number of carbonyl (C=O) groups excluding carboxylic acids is 1. The summed E-state index contributed by atoms with van der Waals surface area (Å²) in [5.74, 6) is -1.93. The Morgan fingerprint density at radius 1 is 1.14 bits per heavy atom. The maximum atomic E-state index is 12.7. The van der Waals surface area contributed by atoms with Crippen LogP contribution in [0, 0.1) is 0 Å². The molecule has 10 heteroatoms. The number of benzene rings is 2. The van der Waals surface area contributed by atoms with Gasteiger partial charge in [-0.3, -0.25) is 4.79 Å². The molecular weight excluding hydrogens is 417 g/mol. The lowest BCUT2D eigenvalue weighted by Crippen LogP contribution is -2.43. The molecular formula is C18H16ClF3N2O3S. The van der Waals surface area contributed by atoms with Crippen LogP contribution in [0.25, 0.3) is 0 Å². The minimum absolute atomic E-state index is 0.0300. The Labute approximate surface area is 165 Å². The summed E-state index contributed by atoms with van der Waals surface area (Å²) in [6.07, 6.45) is -4.73. The average Bonchev–Trinajstić information content (AvgIpc) is 2.65. The fourth-order valence-electron chi connectivity index (χ4n) is 2.95. The van der Waals surface area contributed by atoms with Gasteiger partial charge in [-0.1, -0.05) is 35.9 Å². The van der Waals surface area contributed by atoms with Gasteiger partial charge in [0.1, 0.15) is 0 Å². The van der Waals surface area contributed by atoms with Crippen molar-refractivity contribution in [2.45, 2.75) is 30.6 Å². The molecule has 0 fully saturated rings. The molecule has 0 aromatic heterocycles. The van der Waals surface area contributed by atoms with E-state index in [4.69, 9.17) is 11.6 Å². The van der Waals surface area contributed by atoms with Crippen LogP contribution in [0.2, 0.25) is 5.02 Å². The van der Waals surface area contributed by atoms with Crippen LogP contribution < -0.4 is 4.72 Å². The Kier molecular flexibility index (Phi) is 5.69. The molecule has 0 unspecified atom stereocenters. The minimum atomic E-state index is -4.96. The zero-order chi connectivity index (χ0) is 20.5. The molecule has 2 aromatic carbocycles.